The Balaban J connectivity index is 0.00000380. The SMILES string of the molecule is COc1cccc(C(N/C=C2/C=CC=CC2=O)C(N/C=C2/C=CC=CC2=O)c2cccc(OC)c2)c1.[Co]. The third-order valence-corrected chi connectivity index (χ3v) is 5.91. The van der Waals surface area contributed by atoms with Gasteiger partial charge in [0.25, 0.3) is 0 Å². The van der Waals surface area contributed by atoms with Crippen LogP contribution in [0.1, 0.15) is 23.2 Å². The maximum absolute atomic E-state index is 12.4. The molecule has 2 unspecified atom stereocenters. The topological polar surface area (TPSA) is 76.7 Å². The van der Waals surface area contributed by atoms with Gasteiger partial charge >= 0.3 is 0 Å². The molecule has 0 spiro atoms. The number of ketones is 2. The molecule has 6 nitrogen and oxygen atoms in total. The normalized spacial score (nSPS) is 17.9. The monoisotopic (exact) mass is 539 g/mol. The molecule has 2 atom stereocenters. The molecule has 2 aliphatic carbocycles. The molecule has 0 heterocycles. The van der Waals surface area contributed by atoms with Crippen molar-refractivity contribution in [1.29, 1.82) is 0 Å². The molecule has 7 heteroatoms. The van der Waals surface area contributed by atoms with Gasteiger partial charge in [0.2, 0.25) is 0 Å². The zero-order valence-corrected chi connectivity index (χ0v) is 21.6. The van der Waals surface area contributed by atoms with Crippen molar-refractivity contribution >= 4 is 11.6 Å². The maximum atomic E-state index is 12.4. The molecule has 37 heavy (non-hydrogen) atoms. The number of carbonyl (C=O) groups excluding carboxylic acids is 2. The van der Waals surface area contributed by atoms with E-state index < -0.39 is 0 Å². The average molecular weight is 539 g/mol. The Morgan fingerprint density at radius 3 is 1.43 bits per heavy atom. The van der Waals surface area contributed by atoms with Crippen LogP contribution < -0.4 is 20.1 Å². The summed E-state index contributed by atoms with van der Waals surface area (Å²) < 4.78 is 11.0. The fourth-order valence-corrected chi connectivity index (χ4v) is 4.00. The third-order valence-electron chi connectivity index (χ3n) is 5.91. The molecule has 0 fully saturated rings. The molecule has 0 saturated carbocycles. The molecule has 191 valence electrons. The van der Waals surface area contributed by atoms with Crippen LogP contribution >= 0.6 is 0 Å². The van der Waals surface area contributed by atoms with Crippen molar-refractivity contribution in [2.75, 3.05) is 14.2 Å². The van der Waals surface area contributed by atoms with Gasteiger partial charge in [-0.05, 0) is 59.7 Å². The number of allylic oxidation sites excluding steroid dienone is 10. The Hall–Kier alpha value is -4.07. The van der Waals surface area contributed by atoms with E-state index in [-0.39, 0.29) is 40.4 Å². The molecule has 2 N–H and O–H groups in total. The number of nitrogens with one attached hydrogen (secondary N) is 2. The van der Waals surface area contributed by atoms with E-state index in [0.29, 0.717) is 22.6 Å². The first-order valence-electron chi connectivity index (χ1n) is 11.6. The van der Waals surface area contributed by atoms with Crippen LogP contribution in [0.2, 0.25) is 0 Å². The Labute approximate surface area is 227 Å². The molecule has 2 aromatic rings. The van der Waals surface area contributed by atoms with Crippen molar-refractivity contribution < 1.29 is 35.8 Å². The summed E-state index contributed by atoms with van der Waals surface area (Å²) in [5.74, 6) is 1.27. The molecule has 0 bridgehead atoms. The van der Waals surface area contributed by atoms with Crippen LogP contribution in [0.25, 0.3) is 0 Å². The summed E-state index contributed by atoms with van der Waals surface area (Å²) in [5.41, 5.74) is 2.95. The predicted molar refractivity (Wildman–Crippen MR) is 140 cm³/mol. The maximum Gasteiger partial charge on any atom is 0.187 e. The zero-order chi connectivity index (χ0) is 25.3. The fourth-order valence-electron chi connectivity index (χ4n) is 4.00. The van der Waals surface area contributed by atoms with Crippen molar-refractivity contribution in [1.82, 2.24) is 10.6 Å². The smallest absolute Gasteiger partial charge is 0.187 e. The molecule has 0 aliphatic heterocycles. The number of rotatable bonds is 9. The van der Waals surface area contributed by atoms with Crippen molar-refractivity contribution in [2.45, 2.75) is 12.1 Å². The number of carbonyl (C=O) groups is 2. The second-order valence-electron chi connectivity index (χ2n) is 8.21. The van der Waals surface area contributed by atoms with Crippen molar-refractivity contribution in [3.63, 3.8) is 0 Å². The number of methoxy groups -OCH3 is 2. The van der Waals surface area contributed by atoms with Gasteiger partial charge in [0.05, 0.1) is 26.3 Å². The molecular weight excluding hydrogens is 511 g/mol. The van der Waals surface area contributed by atoms with Gasteiger partial charge in [0, 0.05) is 40.3 Å². The van der Waals surface area contributed by atoms with E-state index in [2.05, 4.69) is 10.6 Å². The van der Waals surface area contributed by atoms with E-state index >= 15 is 0 Å². The van der Waals surface area contributed by atoms with Crippen LogP contribution in [-0.2, 0) is 26.4 Å². The first kappa shape index (κ1) is 27.5. The molecule has 0 aromatic heterocycles. The van der Waals surface area contributed by atoms with Crippen LogP contribution in [0.3, 0.4) is 0 Å². The van der Waals surface area contributed by atoms with Gasteiger partial charge < -0.3 is 20.1 Å². The van der Waals surface area contributed by atoms with Gasteiger partial charge in [0.15, 0.2) is 11.6 Å². The zero-order valence-electron chi connectivity index (χ0n) is 20.5. The van der Waals surface area contributed by atoms with Crippen LogP contribution in [-0.4, -0.2) is 25.8 Å². The number of hydrogen-bond acceptors (Lipinski definition) is 6. The Morgan fingerprint density at radius 1 is 0.649 bits per heavy atom. The van der Waals surface area contributed by atoms with Crippen LogP contribution in [0, 0.1) is 0 Å². The molecule has 2 aliphatic rings. The van der Waals surface area contributed by atoms with Gasteiger partial charge in [0.1, 0.15) is 11.5 Å². The minimum Gasteiger partial charge on any atom is -0.497 e. The summed E-state index contributed by atoms with van der Waals surface area (Å²) in [6, 6.07) is 14.8. The van der Waals surface area contributed by atoms with Gasteiger partial charge in [-0.2, -0.15) is 0 Å². The van der Waals surface area contributed by atoms with Crippen LogP contribution in [0.5, 0.6) is 11.5 Å². The average Bonchev–Trinajstić information content (AvgIpc) is 2.92. The molecule has 0 saturated heterocycles. The summed E-state index contributed by atoms with van der Waals surface area (Å²) in [4.78, 5) is 24.8. The summed E-state index contributed by atoms with van der Waals surface area (Å²) >= 11 is 0. The van der Waals surface area contributed by atoms with Gasteiger partial charge in [-0.15, -0.1) is 0 Å². The Bertz CT molecular complexity index is 1220. The van der Waals surface area contributed by atoms with Gasteiger partial charge in [-0.25, -0.2) is 0 Å². The van der Waals surface area contributed by atoms with E-state index in [1.165, 1.54) is 12.2 Å². The van der Waals surface area contributed by atoms with Crippen molar-refractivity contribution in [3.8, 4) is 11.5 Å². The van der Waals surface area contributed by atoms with Crippen LogP contribution in [0.15, 0.2) is 121 Å². The molecule has 4 rings (SSSR count). The van der Waals surface area contributed by atoms with E-state index in [1.54, 1.807) is 50.9 Å². The van der Waals surface area contributed by atoms with Gasteiger partial charge in [-0.1, -0.05) is 48.6 Å². The molecular formula is C30H28CoN2O4. The minimum absolute atomic E-state index is 0. The summed E-state index contributed by atoms with van der Waals surface area (Å²) in [5, 5.41) is 6.90. The predicted octanol–water partition coefficient (Wildman–Crippen LogP) is 4.82. The number of benzene rings is 2. The van der Waals surface area contributed by atoms with Crippen molar-refractivity contribution in [2.24, 2.45) is 0 Å². The molecule has 2 aromatic carbocycles. The Kier molecular flexibility index (Phi) is 9.89. The number of hydrogen-bond donors (Lipinski definition) is 2. The van der Waals surface area contributed by atoms with E-state index in [0.717, 1.165) is 11.1 Å². The Morgan fingerprint density at radius 2 is 1.05 bits per heavy atom. The largest absolute Gasteiger partial charge is 0.497 e. The van der Waals surface area contributed by atoms with E-state index in [1.807, 2.05) is 60.7 Å². The summed E-state index contributed by atoms with van der Waals surface area (Å²) in [7, 11) is 3.25. The minimum atomic E-state index is -0.345. The van der Waals surface area contributed by atoms with Gasteiger partial charge in [-0.3, -0.25) is 9.59 Å². The number of ether oxygens (including phenoxy) is 2. The van der Waals surface area contributed by atoms with Crippen molar-refractivity contribution in [3.05, 3.63) is 132 Å². The fraction of sp³-hybridized carbons (Fsp3) is 0.133. The van der Waals surface area contributed by atoms with E-state index in [4.69, 9.17) is 9.47 Å². The van der Waals surface area contributed by atoms with E-state index in [9.17, 15) is 9.59 Å². The molecule has 0 amide bonds. The molecule has 1 radical (unpaired) electrons. The standard InChI is InChI=1S/C30H28N2O4.Co/c1-35-25-13-7-11-21(17-25)29(31-19-23-9-3-5-15-27(23)33)30(22-12-8-14-26(18-22)36-2)32-20-24-10-4-6-16-28(24)34;/h3-20,29-32H,1-2H3;/b23-19-,24-20-;. The summed E-state index contributed by atoms with van der Waals surface area (Å²) in [6.45, 7) is 0. The first-order chi connectivity index (χ1) is 17.6. The first-order valence-corrected chi connectivity index (χ1v) is 11.6. The third kappa shape index (κ3) is 7.00. The summed E-state index contributed by atoms with van der Waals surface area (Å²) in [6.07, 6.45) is 17.1. The van der Waals surface area contributed by atoms with Crippen LogP contribution in [0.4, 0.5) is 0 Å². The second kappa shape index (κ2) is 13.3. The quantitative estimate of drug-likeness (QED) is 0.445. The second-order valence-corrected chi connectivity index (χ2v) is 8.21.